The summed E-state index contributed by atoms with van der Waals surface area (Å²) in [6.45, 7) is 3.33. The summed E-state index contributed by atoms with van der Waals surface area (Å²) in [6, 6.07) is 6.12. The quantitative estimate of drug-likeness (QED) is 0.639. The molecule has 0 saturated carbocycles. The van der Waals surface area contributed by atoms with Crippen molar-refractivity contribution < 1.29 is 18.7 Å². The van der Waals surface area contributed by atoms with Gasteiger partial charge in [-0.3, -0.25) is 14.2 Å². The molecular formula is C19H18FN3O4S. The highest BCUT2D eigenvalue weighted by Gasteiger charge is 2.20. The van der Waals surface area contributed by atoms with E-state index in [4.69, 9.17) is 4.74 Å². The van der Waals surface area contributed by atoms with Crippen molar-refractivity contribution in [1.82, 2.24) is 14.9 Å². The molecule has 0 aliphatic heterocycles. The van der Waals surface area contributed by atoms with Crippen LogP contribution in [0.1, 0.15) is 27.7 Å². The summed E-state index contributed by atoms with van der Waals surface area (Å²) < 4.78 is 19.8. The highest BCUT2D eigenvalue weighted by atomic mass is 32.1. The van der Waals surface area contributed by atoms with E-state index < -0.39 is 23.3 Å². The second-order valence-electron chi connectivity index (χ2n) is 6.00. The maximum absolute atomic E-state index is 13.6. The van der Waals surface area contributed by atoms with Crippen LogP contribution < -0.4 is 10.9 Å². The molecule has 1 amide bonds. The number of benzene rings is 1. The Hall–Kier alpha value is -3.07. The normalized spacial score (nSPS) is 10.8. The maximum atomic E-state index is 13.6. The monoisotopic (exact) mass is 403 g/mol. The number of aromatic nitrogens is 2. The molecule has 7 nitrogen and oxygen atoms in total. The summed E-state index contributed by atoms with van der Waals surface area (Å²) in [4.78, 5) is 41.9. The van der Waals surface area contributed by atoms with Crippen LogP contribution in [0.4, 0.5) is 4.39 Å². The molecule has 0 atom stereocenters. The topological polar surface area (TPSA) is 90.3 Å². The third kappa shape index (κ3) is 3.94. The zero-order chi connectivity index (χ0) is 20.3. The summed E-state index contributed by atoms with van der Waals surface area (Å²) in [5.41, 5.74) is 0.414. The van der Waals surface area contributed by atoms with E-state index in [9.17, 15) is 18.8 Å². The second kappa shape index (κ2) is 8.30. The second-order valence-corrected chi connectivity index (χ2v) is 7.00. The molecule has 0 radical (unpaired) electrons. The van der Waals surface area contributed by atoms with Crippen molar-refractivity contribution in [2.45, 2.75) is 26.9 Å². The van der Waals surface area contributed by atoms with E-state index in [2.05, 4.69) is 10.3 Å². The molecule has 0 aliphatic carbocycles. The van der Waals surface area contributed by atoms with Gasteiger partial charge in [0.2, 0.25) is 5.91 Å². The molecule has 146 valence electrons. The van der Waals surface area contributed by atoms with Crippen molar-refractivity contribution in [3.8, 4) is 0 Å². The van der Waals surface area contributed by atoms with Gasteiger partial charge in [0.1, 0.15) is 22.1 Å². The van der Waals surface area contributed by atoms with Gasteiger partial charge >= 0.3 is 5.97 Å². The molecule has 0 aliphatic rings. The molecule has 2 heterocycles. The molecule has 3 rings (SSSR count). The van der Waals surface area contributed by atoms with Crippen LogP contribution >= 0.6 is 11.3 Å². The number of amides is 1. The Morgan fingerprint density at radius 2 is 2.07 bits per heavy atom. The number of carbonyl (C=O) groups excluding carboxylic acids is 2. The Bertz CT molecular complexity index is 1110. The molecule has 28 heavy (non-hydrogen) atoms. The van der Waals surface area contributed by atoms with Gasteiger partial charge in [-0.05, 0) is 25.5 Å². The Morgan fingerprint density at radius 3 is 2.79 bits per heavy atom. The molecule has 3 aromatic rings. The summed E-state index contributed by atoms with van der Waals surface area (Å²) in [7, 11) is 0. The lowest BCUT2D eigenvalue weighted by atomic mass is 10.2. The van der Waals surface area contributed by atoms with Gasteiger partial charge in [-0.15, -0.1) is 11.3 Å². The van der Waals surface area contributed by atoms with E-state index in [1.54, 1.807) is 32.0 Å². The van der Waals surface area contributed by atoms with E-state index in [0.29, 0.717) is 20.8 Å². The predicted octanol–water partition coefficient (Wildman–Crippen LogP) is 2.40. The van der Waals surface area contributed by atoms with Crippen LogP contribution in [-0.2, 0) is 22.6 Å². The van der Waals surface area contributed by atoms with Gasteiger partial charge in [0.05, 0.1) is 18.3 Å². The fraction of sp³-hybridized carbons (Fsp3) is 0.263. The van der Waals surface area contributed by atoms with Crippen LogP contribution in [0.2, 0.25) is 0 Å². The van der Waals surface area contributed by atoms with Crippen molar-refractivity contribution in [1.29, 1.82) is 0 Å². The van der Waals surface area contributed by atoms with Crippen molar-refractivity contribution in [2.24, 2.45) is 0 Å². The minimum atomic E-state index is -0.503. The number of carbonyl (C=O) groups is 2. The fourth-order valence-corrected chi connectivity index (χ4v) is 3.74. The molecule has 0 spiro atoms. The van der Waals surface area contributed by atoms with Crippen molar-refractivity contribution >= 4 is 33.4 Å². The van der Waals surface area contributed by atoms with E-state index in [1.807, 2.05) is 0 Å². The van der Waals surface area contributed by atoms with Crippen LogP contribution in [0.3, 0.4) is 0 Å². The van der Waals surface area contributed by atoms with Gasteiger partial charge < -0.3 is 10.1 Å². The number of aryl methyl sites for hydroxylation is 1. The number of rotatable bonds is 6. The number of hydrogen-bond donors (Lipinski definition) is 1. The number of esters is 1. The maximum Gasteiger partial charge on any atom is 0.348 e. The van der Waals surface area contributed by atoms with Gasteiger partial charge in [0.25, 0.3) is 5.56 Å². The Labute approximate surface area is 163 Å². The predicted molar refractivity (Wildman–Crippen MR) is 103 cm³/mol. The number of hydrogen-bond acceptors (Lipinski definition) is 6. The third-order valence-corrected chi connectivity index (χ3v) is 5.31. The standard InChI is InChI=1S/C19H18FN3O4S/c1-3-27-19(26)16-11(2)15-17(28-16)22-10-23(18(15)25)9-14(24)21-8-12-6-4-5-7-13(12)20/h4-7,10H,3,8-9H2,1-2H3,(H,21,24). The number of ether oxygens (including phenoxy) is 1. The first-order valence-corrected chi connectivity index (χ1v) is 9.39. The SMILES string of the molecule is CCOC(=O)c1sc2ncn(CC(=O)NCc3ccccc3F)c(=O)c2c1C. The third-order valence-electron chi connectivity index (χ3n) is 4.13. The average Bonchev–Trinajstić information content (AvgIpc) is 3.01. The van der Waals surface area contributed by atoms with Gasteiger partial charge in [-0.1, -0.05) is 18.2 Å². The Morgan fingerprint density at radius 1 is 1.32 bits per heavy atom. The van der Waals surface area contributed by atoms with E-state index in [1.165, 1.54) is 12.4 Å². The van der Waals surface area contributed by atoms with Crippen LogP contribution in [0, 0.1) is 12.7 Å². The zero-order valence-electron chi connectivity index (χ0n) is 15.3. The molecule has 0 saturated heterocycles. The Balaban J connectivity index is 1.80. The number of thiophene rings is 1. The van der Waals surface area contributed by atoms with Gasteiger partial charge in [0.15, 0.2) is 0 Å². The van der Waals surface area contributed by atoms with E-state index in [-0.39, 0.29) is 25.1 Å². The lowest BCUT2D eigenvalue weighted by Crippen LogP contribution is -2.32. The number of nitrogens with one attached hydrogen (secondary N) is 1. The minimum Gasteiger partial charge on any atom is -0.462 e. The van der Waals surface area contributed by atoms with Crippen LogP contribution in [0.5, 0.6) is 0 Å². The first-order valence-electron chi connectivity index (χ1n) is 8.58. The first kappa shape index (κ1) is 19.7. The van der Waals surface area contributed by atoms with E-state index in [0.717, 1.165) is 15.9 Å². The lowest BCUT2D eigenvalue weighted by Gasteiger charge is -2.08. The highest BCUT2D eigenvalue weighted by Crippen LogP contribution is 2.27. The van der Waals surface area contributed by atoms with Crippen LogP contribution in [0.15, 0.2) is 35.4 Å². The van der Waals surface area contributed by atoms with Crippen molar-refractivity contribution in [2.75, 3.05) is 6.61 Å². The molecule has 0 bridgehead atoms. The lowest BCUT2D eigenvalue weighted by molar-refractivity contribution is -0.121. The summed E-state index contributed by atoms with van der Waals surface area (Å²) >= 11 is 1.08. The van der Waals surface area contributed by atoms with Crippen molar-refractivity contribution in [3.05, 3.63) is 62.8 Å². The molecule has 1 N–H and O–H groups in total. The fourth-order valence-electron chi connectivity index (χ4n) is 2.71. The van der Waals surface area contributed by atoms with Crippen LogP contribution in [0.25, 0.3) is 10.2 Å². The molecular weight excluding hydrogens is 385 g/mol. The number of fused-ring (bicyclic) bond motifs is 1. The van der Waals surface area contributed by atoms with Gasteiger partial charge in [-0.2, -0.15) is 0 Å². The van der Waals surface area contributed by atoms with Crippen molar-refractivity contribution in [3.63, 3.8) is 0 Å². The number of nitrogens with zero attached hydrogens (tertiary/aromatic N) is 2. The zero-order valence-corrected chi connectivity index (χ0v) is 16.1. The van der Waals surface area contributed by atoms with Gasteiger partial charge in [0, 0.05) is 12.1 Å². The molecule has 2 aromatic heterocycles. The van der Waals surface area contributed by atoms with E-state index >= 15 is 0 Å². The smallest absolute Gasteiger partial charge is 0.348 e. The highest BCUT2D eigenvalue weighted by molar-refractivity contribution is 7.20. The Kier molecular flexibility index (Phi) is 5.84. The van der Waals surface area contributed by atoms with Crippen LogP contribution in [-0.4, -0.2) is 28.0 Å². The number of halogens is 1. The molecule has 0 fully saturated rings. The average molecular weight is 403 g/mol. The summed E-state index contributed by atoms with van der Waals surface area (Å²) in [5.74, 6) is -1.37. The van der Waals surface area contributed by atoms with Gasteiger partial charge in [-0.25, -0.2) is 14.2 Å². The molecule has 0 unspecified atom stereocenters. The summed E-state index contributed by atoms with van der Waals surface area (Å²) in [5, 5.41) is 2.87. The molecule has 9 heteroatoms. The first-order chi connectivity index (χ1) is 13.4. The minimum absolute atomic E-state index is 0.0143. The molecule has 1 aromatic carbocycles. The summed E-state index contributed by atoms with van der Waals surface area (Å²) in [6.07, 6.45) is 1.26. The largest absolute Gasteiger partial charge is 0.462 e.